The summed E-state index contributed by atoms with van der Waals surface area (Å²) in [5.41, 5.74) is 1.39. The Morgan fingerprint density at radius 3 is 1.57 bits per heavy atom. The molecule has 2 aromatic rings. The third-order valence-corrected chi connectivity index (χ3v) is 3.74. The largest absolute Gasteiger partial charge is 0.377 e. The first-order chi connectivity index (χ1) is 14.6. The van der Waals surface area contributed by atoms with Gasteiger partial charge in [-0.15, -0.1) is 0 Å². The summed E-state index contributed by atoms with van der Waals surface area (Å²) < 4.78 is 10.8. The van der Waals surface area contributed by atoms with Gasteiger partial charge in [0.05, 0.1) is 49.4 Å². The van der Waals surface area contributed by atoms with Gasteiger partial charge in [-0.3, -0.25) is 30.2 Å². The van der Waals surface area contributed by atoms with Gasteiger partial charge in [0.2, 0.25) is 0 Å². The van der Waals surface area contributed by atoms with Crippen LogP contribution in [0.3, 0.4) is 0 Å². The minimum atomic E-state index is -0.445. The number of nitro groups is 2. The van der Waals surface area contributed by atoms with Crippen molar-refractivity contribution in [2.45, 2.75) is 0 Å². The Morgan fingerprint density at radius 2 is 1.17 bits per heavy atom. The predicted octanol–water partition coefficient (Wildman–Crippen LogP) is 3.07. The smallest absolute Gasteiger partial charge is 0.270 e. The monoisotopic (exact) mass is 414 g/mol. The van der Waals surface area contributed by atoms with Crippen molar-refractivity contribution in [2.75, 3.05) is 39.5 Å². The third-order valence-electron chi connectivity index (χ3n) is 3.74. The summed E-state index contributed by atoms with van der Waals surface area (Å²) in [5, 5.41) is 21.4. The Balaban J connectivity index is 1.51. The summed E-state index contributed by atoms with van der Waals surface area (Å²) in [5.74, 6) is 0. The molecule has 0 aromatic heterocycles. The molecule has 0 N–H and O–H groups in total. The van der Waals surface area contributed by atoms with Crippen molar-refractivity contribution in [1.82, 2.24) is 0 Å². The van der Waals surface area contributed by atoms with Gasteiger partial charge < -0.3 is 9.47 Å². The molecule has 0 radical (unpaired) electrons. The van der Waals surface area contributed by atoms with Gasteiger partial charge in [0, 0.05) is 36.7 Å². The Bertz CT molecular complexity index is 827. The highest BCUT2D eigenvalue weighted by Crippen LogP contribution is 2.12. The number of nitro benzene ring substituents is 2. The maximum atomic E-state index is 10.7. The highest BCUT2D eigenvalue weighted by molar-refractivity contribution is 5.81. The zero-order valence-electron chi connectivity index (χ0n) is 16.3. The van der Waals surface area contributed by atoms with Gasteiger partial charge in [0.25, 0.3) is 11.4 Å². The molecule has 0 spiro atoms. The lowest BCUT2D eigenvalue weighted by atomic mass is 10.2. The van der Waals surface area contributed by atoms with Crippen LogP contribution in [0.4, 0.5) is 11.4 Å². The molecular formula is C20H22N4O6. The molecule has 10 heteroatoms. The van der Waals surface area contributed by atoms with Crippen molar-refractivity contribution in [3.05, 3.63) is 79.9 Å². The van der Waals surface area contributed by atoms with E-state index in [2.05, 4.69) is 9.98 Å². The second kappa shape index (κ2) is 12.9. The van der Waals surface area contributed by atoms with Gasteiger partial charge in [0.1, 0.15) is 0 Å². The Labute approximate surface area is 173 Å². The predicted molar refractivity (Wildman–Crippen MR) is 113 cm³/mol. The lowest BCUT2D eigenvalue weighted by Crippen LogP contribution is -2.08. The number of nitrogens with zero attached hydrogens (tertiary/aromatic N) is 4. The molecule has 0 unspecified atom stereocenters. The number of non-ortho nitro benzene ring substituents is 2. The van der Waals surface area contributed by atoms with Crippen LogP contribution in [0.15, 0.2) is 58.5 Å². The first-order valence-corrected chi connectivity index (χ1v) is 9.20. The van der Waals surface area contributed by atoms with E-state index < -0.39 is 9.85 Å². The fraction of sp³-hybridized carbons (Fsp3) is 0.300. The number of hydrogen-bond acceptors (Lipinski definition) is 8. The van der Waals surface area contributed by atoms with Crippen LogP contribution in [0.1, 0.15) is 11.1 Å². The van der Waals surface area contributed by atoms with E-state index in [-0.39, 0.29) is 11.4 Å². The average molecular weight is 414 g/mol. The molecule has 0 aliphatic rings. The van der Waals surface area contributed by atoms with E-state index in [9.17, 15) is 20.2 Å². The summed E-state index contributed by atoms with van der Waals surface area (Å²) in [7, 11) is 0. The van der Waals surface area contributed by atoms with Gasteiger partial charge in [-0.05, 0) is 11.1 Å². The minimum Gasteiger partial charge on any atom is -0.377 e. The van der Waals surface area contributed by atoms with Crippen LogP contribution in [0, 0.1) is 20.2 Å². The maximum absolute atomic E-state index is 10.7. The van der Waals surface area contributed by atoms with Crippen molar-refractivity contribution in [3.8, 4) is 0 Å². The van der Waals surface area contributed by atoms with Crippen molar-refractivity contribution < 1.29 is 19.3 Å². The fourth-order valence-electron chi connectivity index (χ4n) is 2.33. The van der Waals surface area contributed by atoms with Crippen molar-refractivity contribution in [3.63, 3.8) is 0 Å². The molecule has 0 fully saturated rings. The Hall–Kier alpha value is -3.50. The van der Waals surface area contributed by atoms with Crippen LogP contribution in [0.25, 0.3) is 0 Å². The van der Waals surface area contributed by atoms with E-state index in [0.29, 0.717) is 50.6 Å². The zero-order chi connectivity index (χ0) is 21.6. The summed E-state index contributed by atoms with van der Waals surface area (Å²) in [6, 6.07) is 12.5. The average Bonchev–Trinajstić information content (AvgIpc) is 2.75. The molecular weight excluding hydrogens is 392 g/mol. The zero-order valence-corrected chi connectivity index (χ0v) is 16.3. The fourth-order valence-corrected chi connectivity index (χ4v) is 2.33. The highest BCUT2D eigenvalue weighted by atomic mass is 16.6. The van der Waals surface area contributed by atoms with E-state index in [1.807, 2.05) is 0 Å². The van der Waals surface area contributed by atoms with Gasteiger partial charge in [-0.2, -0.15) is 0 Å². The number of ether oxygens (including phenoxy) is 2. The summed E-state index contributed by atoms with van der Waals surface area (Å²) in [6.07, 6.45) is 3.15. The topological polar surface area (TPSA) is 129 Å². The second-order valence-corrected chi connectivity index (χ2v) is 6.00. The number of benzene rings is 2. The SMILES string of the molecule is O=[N+]([O-])c1cccc(C=NCCOCCOCCN=Cc2cccc([N+](=O)[O-])c2)c1. The first-order valence-electron chi connectivity index (χ1n) is 9.20. The lowest BCUT2D eigenvalue weighted by Gasteiger charge is -2.03. The quantitative estimate of drug-likeness (QED) is 0.214. The number of hydrogen-bond donors (Lipinski definition) is 0. The normalized spacial score (nSPS) is 11.3. The molecule has 0 amide bonds. The first kappa shape index (κ1) is 22.8. The Morgan fingerprint density at radius 1 is 0.733 bits per heavy atom. The van der Waals surface area contributed by atoms with Crippen molar-refractivity contribution in [2.24, 2.45) is 9.98 Å². The molecule has 0 aliphatic heterocycles. The standard InChI is InChI=1S/C20H22N4O6/c25-23(26)19-5-1-3-17(13-19)15-21-7-9-29-11-12-30-10-8-22-16-18-4-2-6-20(14-18)24(27)28/h1-6,13-16H,7-12H2. The van der Waals surface area contributed by atoms with Gasteiger partial charge >= 0.3 is 0 Å². The molecule has 0 heterocycles. The molecule has 0 saturated carbocycles. The van der Waals surface area contributed by atoms with Crippen LogP contribution in [-0.4, -0.2) is 61.8 Å². The van der Waals surface area contributed by atoms with E-state index in [0.717, 1.165) is 0 Å². The molecule has 30 heavy (non-hydrogen) atoms. The van der Waals surface area contributed by atoms with E-state index in [1.165, 1.54) is 24.3 Å². The molecule has 0 aliphatic carbocycles. The van der Waals surface area contributed by atoms with E-state index in [4.69, 9.17) is 9.47 Å². The van der Waals surface area contributed by atoms with Crippen LogP contribution >= 0.6 is 0 Å². The van der Waals surface area contributed by atoms with Crippen molar-refractivity contribution in [1.29, 1.82) is 0 Å². The van der Waals surface area contributed by atoms with Gasteiger partial charge in [-0.25, -0.2) is 0 Å². The van der Waals surface area contributed by atoms with Crippen LogP contribution < -0.4 is 0 Å². The number of aliphatic imine (C=N–C) groups is 2. The van der Waals surface area contributed by atoms with E-state index >= 15 is 0 Å². The van der Waals surface area contributed by atoms with Crippen LogP contribution in [-0.2, 0) is 9.47 Å². The maximum Gasteiger partial charge on any atom is 0.270 e. The lowest BCUT2D eigenvalue weighted by molar-refractivity contribution is -0.385. The molecule has 0 atom stereocenters. The molecule has 10 nitrogen and oxygen atoms in total. The molecule has 2 rings (SSSR count). The summed E-state index contributed by atoms with van der Waals surface area (Å²) in [4.78, 5) is 28.9. The molecule has 2 aromatic carbocycles. The summed E-state index contributed by atoms with van der Waals surface area (Å²) >= 11 is 0. The van der Waals surface area contributed by atoms with Crippen molar-refractivity contribution >= 4 is 23.8 Å². The third kappa shape index (κ3) is 8.67. The summed E-state index contributed by atoms with van der Waals surface area (Å²) in [6.45, 7) is 2.55. The van der Waals surface area contributed by atoms with Gasteiger partial charge in [-0.1, -0.05) is 24.3 Å². The highest BCUT2D eigenvalue weighted by Gasteiger charge is 2.04. The molecule has 0 bridgehead atoms. The van der Waals surface area contributed by atoms with E-state index in [1.54, 1.807) is 36.7 Å². The Kier molecular flexibility index (Phi) is 9.77. The van der Waals surface area contributed by atoms with Crippen LogP contribution in [0.2, 0.25) is 0 Å². The minimum absolute atomic E-state index is 0.0294. The second-order valence-electron chi connectivity index (χ2n) is 6.00. The molecule has 158 valence electrons. The van der Waals surface area contributed by atoms with Crippen LogP contribution in [0.5, 0.6) is 0 Å². The molecule has 0 saturated heterocycles. The van der Waals surface area contributed by atoms with Gasteiger partial charge in [0.15, 0.2) is 0 Å². The number of rotatable bonds is 13.